The van der Waals surface area contributed by atoms with E-state index in [1.54, 1.807) is 17.8 Å². The maximum atomic E-state index is 12.2. The number of nitrogens with zero attached hydrogens (tertiary/aromatic N) is 4. The lowest BCUT2D eigenvalue weighted by atomic mass is 10.1. The SMILES string of the molecule is COC(C(=O)NC(CCC(=O)C=[N+]=[N-])C(=O)O)c1cn(C)cn1. The first-order valence-electron chi connectivity index (χ1n) is 6.63. The quantitative estimate of drug-likeness (QED) is 0.350. The van der Waals surface area contributed by atoms with Crippen LogP contribution in [0, 0.1) is 0 Å². The molecule has 2 unspecified atom stereocenters. The largest absolute Gasteiger partial charge is 0.480 e. The van der Waals surface area contributed by atoms with Gasteiger partial charge in [0.1, 0.15) is 6.04 Å². The van der Waals surface area contributed by atoms with Gasteiger partial charge in [-0.05, 0) is 6.42 Å². The van der Waals surface area contributed by atoms with Gasteiger partial charge in [0.2, 0.25) is 5.78 Å². The van der Waals surface area contributed by atoms with Crippen LogP contribution in [0.25, 0.3) is 5.53 Å². The second-order valence-corrected chi connectivity index (χ2v) is 4.73. The molecule has 0 bridgehead atoms. The number of aromatic nitrogens is 2. The molecule has 10 heteroatoms. The summed E-state index contributed by atoms with van der Waals surface area (Å²) in [4.78, 5) is 41.1. The van der Waals surface area contributed by atoms with Gasteiger partial charge in [0, 0.05) is 26.8 Å². The van der Waals surface area contributed by atoms with Crippen molar-refractivity contribution in [3.05, 3.63) is 23.7 Å². The number of Topliss-reactive ketones (excluding diaryl/α,β-unsaturated/α-hetero) is 1. The number of carbonyl (C=O) groups excluding carboxylic acids is 2. The number of methoxy groups -OCH3 is 1. The number of amides is 1. The van der Waals surface area contributed by atoms with Gasteiger partial charge in [-0.3, -0.25) is 9.59 Å². The second-order valence-electron chi connectivity index (χ2n) is 4.73. The highest BCUT2D eigenvalue weighted by molar-refractivity contribution is 6.25. The molecular weight excluding hydrogens is 306 g/mol. The van der Waals surface area contributed by atoms with Crippen molar-refractivity contribution in [1.82, 2.24) is 14.9 Å². The van der Waals surface area contributed by atoms with E-state index in [4.69, 9.17) is 15.4 Å². The third kappa shape index (κ3) is 5.46. The van der Waals surface area contributed by atoms with Gasteiger partial charge >= 0.3 is 12.2 Å². The molecular formula is C13H17N5O5. The third-order valence-corrected chi connectivity index (χ3v) is 2.96. The van der Waals surface area contributed by atoms with Crippen molar-refractivity contribution in [2.45, 2.75) is 25.0 Å². The standard InChI is InChI=1S/C13H17N5O5/c1-18-6-10(15-7-18)11(23-2)12(20)17-9(13(21)22)4-3-8(19)5-16-14/h5-7,9,11H,3-4H2,1-2H3,(H,17,20)(H,21,22). The Balaban J connectivity index is 2.74. The molecule has 0 aliphatic carbocycles. The Labute approximate surface area is 131 Å². The smallest absolute Gasteiger partial charge is 0.326 e. The highest BCUT2D eigenvalue weighted by Gasteiger charge is 2.28. The minimum atomic E-state index is -1.29. The van der Waals surface area contributed by atoms with Gasteiger partial charge in [-0.25, -0.2) is 9.78 Å². The Hall–Kier alpha value is -2.84. The van der Waals surface area contributed by atoms with Gasteiger partial charge in [0.15, 0.2) is 6.10 Å². The number of carboxylic acids is 1. The molecule has 1 rings (SSSR count). The highest BCUT2D eigenvalue weighted by Crippen LogP contribution is 2.15. The van der Waals surface area contributed by atoms with Crippen LogP contribution in [0.3, 0.4) is 0 Å². The maximum Gasteiger partial charge on any atom is 0.326 e. The van der Waals surface area contributed by atoms with E-state index in [9.17, 15) is 14.4 Å². The zero-order valence-corrected chi connectivity index (χ0v) is 12.7. The van der Waals surface area contributed by atoms with E-state index < -0.39 is 29.8 Å². The molecule has 1 aromatic rings. The summed E-state index contributed by atoms with van der Waals surface area (Å²) in [5.74, 6) is -2.52. The van der Waals surface area contributed by atoms with E-state index in [-0.39, 0.29) is 12.8 Å². The molecule has 1 aromatic heterocycles. The number of ketones is 1. The van der Waals surface area contributed by atoms with Gasteiger partial charge in [-0.1, -0.05) is 0 Å². The summed E-state index contributed by atoms with van der Waals surface area (Å²) in [5.41, 5.74) is 8.56. The number of nitrogens with one attached hydrogen (secondary N) is 1. The van der Waals surface area contributed by atoms with Gasteiger partial charge in [0.05, 0.1) is 12.0 Å². The summed E-state index contributed by atoms with van der Waals surface area (Å²) >= 11 is 0. The van der Waals surface area contributed by atoms with Crippen LogP contribution < -0.4 is 5.32 Å². The van der Waals surface area contributed by atoms with Crippen LogP contribution in [0.2, 0.25) is 0 Å². The van der Waals surface area contributed by atoms with Crippen LogP contribution in [0.5, 0.6) is 0 Å². The first kappa shape index (κ1) is 18.2. The van der Waals surface area contributed by atoms with Gasteiger partial charge in [0.25, 0.3) is 5.91 Å². The number of carboxylic acid groups (broad SMARTS) is 1. The van der Waals surface area contributed by atoms with Crippen LogP contribution in [0.1, 0.15) is 24.6 Å². The Morgan fingerprint density at radius 2 is 2.26 bits per heavy atom. The van der Waals surface area contributed by atoms with Gasteiger partial charge in [-0.2, -0.15) is 4.79 Å². The van der Waals surface area contributed by atoms with Crippen LogP contribution in [-0.2, 0) is 26.2 Å². The fourth-order valence-corrected chi connectivity index (χ4v) is 1.85. The minimum Gasteiger partial charge on any atom is -0.480 e. The molecule has 0 aliphatic rings. The van der Waals surface area contributed by atoms with Crippen LogP contribution in [0.15, 0.2) is 12.5 Å². The molecule has 0 fully saturated rings. The Morgan fingerprint density at radius 3 is 2.74 bits per heavy atom. The van der Waals surface area contributed by atoms with Crippen LogP contribution >= 0.6 is 0 Å². The zero-order valence-electron chi connectivity index (χ0n) is 12.7. The number of hydrogen-bond acceptors (Lipinski definition) is 5. The third-order valence-electron chi connectivity index (χ3n) is 2.96. The average Bonchev–Trinajstić information content (AvgIpc) is 2.90. The average molecular weight is 323 g/mol. The van der Waals surface area contributed by atoms with E-state index >= 15 is 0 Å². The summed E-state index contributed by atoms with van der Waals surface area (Å²) < 4.78 is 6.68. The molecule has 1 heterocycles. The fourth-order valence-electron chi connectivity index (χ4n) is 1.85. The highest BCUT2D eigenvalue weighted by atomic mass is 16.5. The molecule has 1 amide bonds. The normalized spacial score (nSPS) is 12.8. The van der Waals surface area contributed by atoms with Crippen molar-refractivity contribution < 1.29 is 29.0 Å². The molecule has 0 spiro atoms. The summed E-state index contributed by atoms with van der Waals surface area (Å²) in [5, 5.41) is 11.4. The van der Waals surface area contributed by atoms with E-state index in [1.807, 2.05) is 0 Å². The molecule has 10 nitrogen and oxygen atoms in total. The van der Waals surface area contributed by atoms with Gasteiger partial charge < -0.3 is 25.3 Å². The number of carbonyl (C=O) groups is 3. The van der Waals surface area contributed by atoms with E-state index in [0.717, 1.165) is 0 Å². The predicted octanol–water partition coefficient (Wildman–Crippen LogP) is -0.673. The predicted molar refractivity (Wildman–Crippen MR) is 76.4 cm³/mol. The number of aliphatic carboxylic acids is 1. The lowest BCUT2D eigenvalue weighted by Gasteiger charge is -2.17. The monoisotopic (exact) mass is 323 g/mol. The van der Waals surface area contributed by atoms with Gasteiger partial charge in [-0.15, -0.1) is 0 Å². The summed E-state index contributed by atoms with van der Waals surface area (Å²) in [7, 11) is 3.02. The summed E-state index contributed by atoms with van der Waals surface area (Å²) in [6.45, 7) is 0. The lowest BCUT2D eigenvalue weighted by Crippen LogP contribution is -2.43. The number of ether oxygens (including phenoxy) is 1. The van der Waals surface area contributed by atoms with Crippen molar-refractivity contribution in [3.63, 3.8) is 0 Å². The fraction of sp³-hybridized carbons (Fsp3) is 0.462. The molecule has 0 aliphatic heterocycles. The molecule has 2 atom stereocenters. The lowest BCUT2D eigenvalue weighted by molar-refractivity contribution is -0.144. The molecule has 0 saturated heterocycles. The molecule has 23 heavy (non-hydrogen) atoms. The van der Waals surface area contributed by atoms with E-state index in [1.165, 1.54) is 13.4 Å². The Kier molecular flexibility index (Phi) is 6.78. The zero-order chi connectivity index (χ0) is 17.4. The molecule has 124 valence electrons. The number of imidazole rings is 1. The van der Waals surface area contributed by atoms with Crippen molar-refractivity contribution in [1.29, 1.82) is 0 Å². The van der Waals surface area contributed by atoms with Crippen molar-refractivity contribution in [3.8, 4) is 0 Å². The first-order chi connectivity index (χ1) is 10.9. The van der Waals surface area contributed by atoms with Crippen LogP contribution in [-0.4, -0.2) is 56.5 Å². The van der Waals surface area contributed by atoms with Crippen molar-refractivity contribution in [2.75, 3.05) is 7.11 Å². The molecule has 0 radical (unpaired) electrons. The van der Waals surface area contributed by atoms with Crippen LogP contribution in [0.4, 0.5) is 0 Å². The maximum absolute atomic E-state index is 12.2. The molecule has 2 N–H and O–H groups in total. The Bertz CT molecular complexity index is 634. The topological polar surface area (TPSA) is 147 Å². The molecule has 0 saturated carbocycles. The minimum absolute atomic E-state index is 0.148. The first-order valence-corrected chi connectivity index (χ1v) is 6.63. The molecule has 0 aromatic carbocycles. The van der Waals surface area contributed by atoms with E-state index in [0.29, 0.717) is 11.9 Å². The Morgan fingerprint density at radius 1 is 1.57 bits per heavy atom. The number of rotatable bonds is 9. The number of hydrogen-bond donors (Lipinski definition) is 2. The van der Waals surface area contributed by atoms with E-state index in [2.05, 4.69) is 15.1 Å². The number of aryl methyl sites for hydroxylation is 1. The van der Waals surface area contributed by atoms with Crippen molar-refractivity contribution >= 4 is 23.9 Å². The summed E-state index contributed by atoms with van der Waals surface area (Å²) in [6.07, 6.45) is 2.33. The van der Waals surface area contributed by atoms with Crippen molar-refractivity contribution in [2.24, 2.45) is 7.05 Å². The summed E-state index contributed by atoms with van der Waals surface area (Å²) in [6, 6.07) is -1.28. The second kappa shape index (κ2) is 8.57.